The second-order valence-corrected chi connectivity index (χ2v) is 7.44. The number of likely N-dealkylation sites (N-methyl/N-ethyl adjacent to an activating group) is 1. The number of carbonyl (C=O) groups is 2. The SMILES string of the molecule is Cc1ccc(C(=O)Nc2ccccc2)cc1NC(=O)N(C)CCOc1ccc(Cl)cc1. The Labute approximate surface area is 186 Å². The average Bonchev–Trinajstić information content (AvgIpc) is 2.77. The Balaban J connectivity index is 1.56. The second-order valence-electron chi connectivity index (χ2n) is 7.00. The summed E-state index contributed by atoms with van der Waals surface area (Å²) in [5, 5.41) is 6.34. The number of aryl methyl sites for hydroxylation is 1. The molecule has 0 aliphatic heterocycles. The molecule has 0 fully saturated rings. The third-order valence-corrected chi connectivity index (χ3v) is 4.88. The normalized spacial score (nSPS) is 10.3. The standard InChI is InChI=1S/C24H24ClN3O3/c1-17-8-9-18(23(29)26-20-6-4-3-5-7-20)16-22(17)27-24(30)28(2)14-15-31-21-12-10-19(25)11-13-21/h3-13,16H,14-15H2,1-2H3,(H,26,29)(H,27,30). The number of anilines is 2. The van der Waals surface area contributed by atoms with Crippen LogP contribution in [-0.4, -0.2) is 37.0 Å². The van der Waals surface area contributed by atoms with Gasteiger partial charge in [0.25, 0.3) is 5.91 Å². The largest absolute Gasteiger partial charge is 0.492 e. The lowest BCUT2D eigenvalue weighted by atomic mass is 10.1. The molecule has 0 spiro atoms. The molecule has 0 aliphatic carbocycles. The second kappa shape index (κ2) is 10.5. The van der Waals surface area contributed by atoms with Crippen molar-refractivity contribution in [3.05, 3.63) is 88.9 Å². The average molecular weight is 438 g/mol. The number of halogens is 1. The van der Waals surface area contributed by atoms with Gasteiger partial charge in [-0.05, 0) is 61.0 Å². The maximum Gasteiger partial charge on any atom is 0.321 e. The van der Waals surface area contributed by atoms with Crippen LogP contribution in [0.3, 0.4) is 0 Å². The number of ether oxygens (including phenoxy) is 1. The molecule has 0 radical (unpaired) electrons. The molecule has 0 aliphatic rings. The molecule has 3 amide bonds. The van der Waals surface area contributed by atoms with Gasteiger partial charge in [-0.15, -0.1) is 0 Å². The van der Waals surface area contributed by atoms with Crippen molar-refractivity contribution in [2.45, 2.75) is 6.92 Å². The van der Waals surface area contributed by atoms with E-state index in [0.29, 0.717) is 40.9 Å². The highest BCUT2D eigenvalue weighted by atomic mass is 35.5. The lowest BCUT2D eigenvalue weighted by molar-refractivity contribution is 0.102. The monoisotopic (exact) mass is 437 g/mol. The lowest BCUT2D eigenvalue weighted by Gasteiger charge is -2.19. The Morgan fingerprint density at radius 2 is 1.68 bits per heavy atom. The van der Waals surface area contributed by atoms with Crippen LogP contribution < -0.4 is 15.4 Å². The quantitative estimate of drug-likeness (QED) is 0.516. The van der Waals surface area contributed by atoms with Gasteiger partial charge in [0.2, 0.25) is 0 Å². The van der Waals surface area contributed by atoms with Gasteiger partial charge >= 0.3 is 6.03 Å². The summed E-state index contributed by atoms with van der Waals surface area (Å²) in [6.45, 7) is 2.60. The molecule has 2 N–H and O–H groups in total. The molecular formula is C24H24ClN3O3. The van der Waals surface area contributed by atoms with Gasteiger partial charge in [0, 0.05) is 29.0 Å². The van der Waals surface area contributed by atoms with Gasteiger partial charge in [0.1, 0.15) is 12.4 Å². The first-order valence-electron chi connectivity index (χ1n) is 9.80. The van der Waals surface area contributed by atoms with Crippen molar-refractivity contribution in [2.24, 2.45) is 0 Å². The van der Waals surface area contributed by atoms with E-state index in [1.807, 2.05) is 37.3 Å². The Kier molecular flexibility index (Phi) is 7.51. The predicted molar refractivity (Wildman–Crippen MR) is 124 cm³/mol. The van der Waals surface area contributed by atoms with E-state index in [1.54, 1.807) is 49.5 Å². The summed E-state index contributed by atoms with van der Waals surface area (Å²) in [5.74, 6) is 0.442. The van der Waals surface area contributed by atoms with E-state index >= 15 is 0 Å². The van der Waals surface area contributed by atoms with Crippen LogP contribution in [-0.2, 0) is 0 Å². The number of urea groups is 1. The van der Waals surface area contributed by atoms with Crippen LogP contribution in [0.2, 0.25) is 5.02 Å². The fourth-order valence-corrected chi connectivity index (χ4v) is 2.89. The van der Waals surface area contributed by atoms with Crippen molar-refractivity contribution in [2.75, 3.05) is 30.8 Å². The molecule has 160 valence electrons. The molecule has 31 heavy (non-hydrogen) atoms. The van der Waals surface area contributed by atoms with Crippen molar-refractivity contribution < 1.29 is 14.3 Å². The van der Waals surface area contributed by atoms with Crippen LogP contribution >= 0.6 is 11.6 Å². The Morgan fingerprint density at radius 1 is 0.968 bits per heavy atom. The van der Waals surface area contributed by atoms with Crippen molar-refractivity contribution in [1.29, 1.82) is 0 Å². The molecule has 3 rings (SSSR count). The van der Waals surface area contributed by atoms with Crippen LogP contribution in [0.25, 0.3) is 0 Å². The Morgan fingerprint density at radius 3 is 2.39 bits per heavy atom. The number of rotatable bonds is 7. The lowest BCUT2D eigenvalue weighted by Crippen LogP contribution is -2.34. The van der Waals surface area contributed by atoms with Crippen LogP contribution in [0.4, 0.5) is 16.2 Å². The highest BCUT2D eigenvalue weighted by molar-refractivity contribution is 6.30. The van der Waals surface area contributed by atoms with Crippen LogP contribution in [0, 0.1) is 6.92 Å². The minimum atomic E-state index is -0.288. The molecule has 0 heterocycles. The van der Waals surface area contributed by atoms with Gasteiger partial charge in [0.15, 0.2) is 0 Å². The molecule has 0 atom stereocenters. The zero-order valence-electron chi connectivity index (χ0n) is 17.4. The van der Waals surface area contributed by atoms with E-state index in [4.69, 9.17) is 16.3 Å². The first-order chi connectivity index (χ1) is 14.9. The summed E-state index contributed by atoms with van der Waals surface area (Å²) in [7, 11) is 1.68. The molecule has 0 bridgehead atoms. The summed E-state index contributed by atoms with van der Waals surface area (Å²) in [4.78, 5) is 26.6. The van der Waals surface area contributed by atoms with Gasteiger partial charge in [-0.2, -0.15) is 0 Å². The molecule has 6 nitrogen and oxygen atoms in total. The van der Waals surface area contributed by atoms with E-state index in [2.05, 4.69) is 10.6 Å². The predicted octanol–water partition coefficient (Wildman–Crippen LogP) is 5.44. The first-order valence-corrected chi connectivity index (χ1v) is 10.2. The molecule has 0 unspecified atom stereocenters. The summed E-state index contributed by atoms with van der Waals surface area (Å²) in [5.41, 5.74) is 2.60. The van der Waals surface area contributed by atoms with E-state index < -0.39 is 0 Å². The van der Waals surface area contributed by atoms with Gasteiger partial charge in [-0.3, -0.25) is 4.79 Å². The fraction of sp³-hybridized carbons (Fsp3) is 0.167. The fourth-order valence-electron chi connectivity index (χ4n) is 2.77. The molecule has 0 saturated heterocycles. The molecule has 0 aromatic heterocycles. The molecule has 7 heteroatoms. The number of benzene rings is 3. The summed E-state index contributed by atoms with van der Waals surface area (Å²) < 4.78 is 5.63. The van der Waals surface area contributed by atoms with Crippen molar-refractivity contribution >= 4 is 34.9 Å². The first kappa shape index (κ1) is 22.2. The molecule has 0 saturated carbocycles. The topological polar surface area (TPSA) is 70.7 Å². The van der Waals surface area contributed by atoms with E-state index in [-0.39, 0.29) is 11.9 Å². The maximum absolute atomic E-state index is 12.6. The number of hydrogen-bond donors (Lipinski definition) is 2. The van der Waals surface area contributed by atoms with E-state index in [1.165, 1.54) is 4.90 Å². The van der Waals surface area contributed by atoms with Crippen LogP contribution in [0.15, 0.2) is 72.8 Å². The highest BCUT2D eigenvalue weighted by Crippen LogP contribution is 2.19. The number of nitrogens with one attached hydrogen (secondary N) is 2. The maximum atomic E-state index is 12.6. The zero-order chi connectivity index (χ0) is 22.2. The summed E-state index contributed by atoms with van der Waals surface area (Å²) >= 11 is 5.86. The number of amides is 3. The Bertz CT molecular complexity index is 1040. The Hall–Kier alpha value is -3.51. The van der Waals surface area contributed by atoms with Crippen LogP contribution in [0.1, 0.15) is 15.9 Å². The van der Waals surface area contributed by atoms with E-state index in [9.17, 15) is 9.59 Å². The van der Waals surface area contributed by atoms with Gasteiger partial charge < -0.3 is 20.3 Å². The molecular weight excluding hydrogens is 414 g/mol. The van der Waals surface area contributed by atoms with Gasteiger partial charge in [-0.25, -0.2) is 4.79 Å². The molecule has 3 aromatic carbocycles. The third kappa shape index (κ3) is 6.49. The van der Waals surface area contributed by atoms with Crippen molar-refractivity contribution in [1.82, 2.24) is 4.90 Å². The minimum absolute atomic E-state index is 0.244. The van der Waals surface area contributed by atoms with Gasteiger partial charge in [0.05, 0.1) is 6.54 Å². The smallest absolute Gasteiger partial charge is 0.321 e. The molecule has 3 aromatic rings. The van der Waals surface area contributed by atoms with Crippen molar-refractivity contribution in [3.63, 3.8) is 0 Å². The zero-order valence-corrected chi connectivity index (χ0v) is 18.1. The number of hydrogen-bond acceptors (Lipinski definition) is 3. The minimum Gasteiger partial charge on any atom is -0.492 e. The van der Waals surface area contributed by atoms with Crippen LogP contribution in [0.5, 0.6) is 5.75 Å². The van der Waals surface area contributed by atoms with Crippen molar-refractivity contribution in [3.8, 4) is 5.75 Å². The number of carbonyl (C=O) groups excluding carboxylic acids is 2. The number of nitrogens with zero attached hydrogens (tertiary/aromatic N) is 1. The van der Waals surface area contributed by atoms with Gasteiger partial charge in [-0.1, -0.05) is 35.9 Å². The number of para-hydroxylation sites is 1. The summed E-state index contributed by atoms with van der Waals surface area (Å²) in [6, 6.07) is 21.2. The van der Waals surface area contributed by atoms with E-state index in [0.717, 1.165) is 5.56 Å². The highest BCUT2D eigenvalue weighted by Gasteiger charge is 2.13. The summed E-state index contributed by atoms with van der Waals surface area (Å²) in [6.07, 6.45) is 0. The third-order valence-electron chi connectivity index (χ3n) is 4.63.